The molecule has 120 valence electrons. The number of hydrogen-bond acceptors (Lipinski definition) is 6. The Balaban J connectivity index is 1.84. The van der Waals surface area contributed by atoms with E-state index in [-0.39, 0.29) is 62.8 Å². The molecule has 1 aliphatic carbocycles. The van der Waals surface area contributed by atoms with Crippen LogP contribution in [0.4, 0.5) is 0 Å². The van der Waals surface area contributed by atoms with Gasteiger partial charge in [0.15, 0.2) is 0 Å². The molecular formula is C14H18N2O6. The maximum atomic E-state index is 12.3. The largest absolute Gasteiger partial charge is 0.395 e. The van der Waals surface area contributed by atoms with E-state index in [2.05, 4.69) is 0 Å². The van der Waals surface area contributed by atoms with Gasteiger partial charge < -0.3 is 10.2 Å². The number of aliphatic hydroxyl groups excluding tert-OH is 2. The van der Waals surface area contributed by atoms with Crippen LogP contribution in [0.25, 0.3) is 0 Å². The van der Waals surface area contributed by atoms with Gasteiger partial charge in [-0.15, -0.1) is 0 Å². The summed E-state index contributed by atoms with van der Waals surface area (Å²) in [7, 11) is 0. The van der Waals surface area contributed by atoms with Crippen LogP contribution in [-0.4, -0.2) is 69.9 Å². The van der Waals surface area contributed by atoms with Crippen molar-refractivity contribution in [1.82, 2.24) is 9.80 Å². The minimum Gasteiger partial charge on any atom is -0.395 e. The predicted molar refractivity (Wildman–Crippen MR) is 70.8 cm³/mol. The first-order valence-corrected chi connectivity index (χ1v) is 7.43. The second-order valence-electron chi connectivity index (χ2n) is 6.00. The Kier molecular flexibility index (Phi) is 3.73. The molecule has 0 spiro atoms. The SMILES string of the molecule is O=C1C2CC3C(=O)N(CCO)C(=O)C3CC2C(=O)N1CCO. The first-order valence-electron chi connectivity index (χ1n) is 7.43. The molecule has 0 aromatic heterocycles. The molecule has 0 aromatic carbocycles. The number of hydrogen-bond donors (Lipinski definition) is 2. The highest BCUT2D eigenvalue weighted by molar-refractivity contribution is 6.09. The number of rotatable bonds is 4. The molecule has 3 rings (SSSR count). The molecule has 0 bridgehead atoms. The summed E-state index contributed by atoms with van der Waals surface area (Å²) >= 11 is 0. The summed E-state index contributed by atoms with van der Waals surface area (Å²) in [5.41, 5.74) is 0. The van der Waals surface area contributed by atoms with Crippen LogP contribution >= 0.6 is 0 Å². The van der Waals surface area contributed by atoms with Crippen LogP contribution in [0.15, 0.2) is 0 Å². The Bertz CT molecular complexity index is 459. The van der Waals surface area contributed by atoms with Crippen LogP contribution < -0.4 is 0 Å². The van der Waals surface area contributed by atoms with Crippen molar-refractivity contribution in [2.45, 2.75) is 12.8 Å². The van der Waals surface area contributed by atoms with Crippen molar-refractivity contribution >= 4 is 23.6 Å². The van der Waals surface area contributed by atoms with E-state index in [9.17, 15) is 19.2 Å². The fourth-order valence-electron chi connectivity index (χ4n) is 3.95. The van der Waals surface area contributed by atoms with Crippen LogP contribution in [0, 0.1) is 23.7 Å². The minimum atomic E-state index is -0.578. The van der Waals surface area contributed by atoms with Gasteiger partial charge in [0, 0.05) is 0 Å². The fraction of sp³-hybridized carbons (Fsp3) is 0.714. The molecule has 4 amide bonds. The van der Waals surface area contributed by atoms with E-state index < -0.39 is 23.7 Å². The zero-order chi connectivity index (χ0) is 16.0. The molecule has 8 nitrogen and oxygen atoms in total. The van der Waals surface area contributed by atoms with Gasteiger partial charge in [-0.05, 0) is 12.8 Å². The highest BCUT2D eigenvalue weighted by Crippen LogP contribution is 2.47. The van der Waals surface area contributed by atoms with E-state index in [1.165, 1.54) is 0 Å². The van der Waals surface area contributed by atoms with Gasteiger partial charge in [-0.1, -0.05) is 0 Å². The van der Waals surface area contributed by atoms with Crippen molar-refractivity contribution in [1.29, 1.82) is 0 Å². The van der Waals surface area contributed by atoms with Crippen LogP contribution in [0.5, 0.6) is 0 Å². The summed E-state index contributed by atoms with van der Waals surface area (Å²) in [6, 6.07) is 0. The number of β-amino-alcohol motifs (C(OH)–C–C–N with tert-alkyl or cyclic N) is 2. The summed E-state index contributed by atoms with van der Waals surface area (Å²) in [6.45, 7) is -0.686. The Morgan fingerprint density at radius 2 is 0.955 bits per heavy atom. The van der Waals surface area contributed by atoms with Gasteiger partial charge >= 0.3 is 0 Å². The van der Waals surface area contributed by atoms with E-state index in [4.69, 9.17) is 10.2 Å². The van der Waals surface area contributed by atoms with Crippen LogP contribution in [0.2, 0.25) is 0 Å². The van der Waals surface area contributed by atoms with Crippen molar-refractivity contribution in [3.8, 4) is 0 Å². The van der Waals surface area contributed by atoms with Crippen LogP contribution in [-0.2, 0) is 19.2 Å². The highest BCUT2D eigenvalue weighted by Gasteiger charge is 2.59. The van der Waals surface area contributed by atoms with E-state index in [0.29, 0.717) is 0 Å². The number of carbonyl (C=O) groups excluding carboxylic acids is 4. The topological polar surface area (TPSA) is 115 Å². The molecule has 0 radical (unpaired) electrons. The van der Waals surface area contributed by atoms with Crippen molar-refractivity contribution in [3.63, 3.8) is 0 Å². The molecule has 2 saturated heterocycles. The molecule has 4 unspecified atom stereocenters. The molecule has 1 saturated carbocycles. The number of amides is 4. The number of likely N-dealkylation sites (tertiary alicyclic amines) is 2. The minimum absolute atomic E-state index is 0.0431. The third-order valence-electron chi connectivity index (χ3n) is 4.97. The van der Waals surface area contributed by atoms with Crippen molar-refractivity contribution in [2.24, 2.45) is 23.7 Å². The number of carbonyl (C=O) groups is 4. The van der Waals surface area contributed by atoms with E-state index in [1.54, 1.807) is 0 Å². The Hall–Kier alpha value is -1.80. The fourth-order valence-corrected chi connectivity index (χ4v) is 3.95. The smallest absolute Gasteiger partial charge is 0.233 e. The molecule has 8 heteroatoms. The lowest BCUT2D eigenvalue weighted by molar-refractivity contribution is -0.140. The lowest BCUT2D eigenvalue weighted by Crippen LogP contribution is -2.35. The summed E-state index contributed by atoms with van der Waals surface area (Å²) in [6.07, 6.45) is 0.378. The van der Waals surface area contributed by atoms with Gasteiger partial charge in [-0.25, -0.2) is 0 Å². The van der Waals surface area contributed by atoms with Gasteiger partial charge in [0.05, 0.1) is 50.0 Å². The highest BCUT2D eigenvalue weighted by atomic mass is 16.3. The van der Waals surface area contributed by atoms with E-state index in [1.807, 2.05) is 0 Å². The molecule has 22 heavy (non-hydrogen) atoms. The number of fused-ring (bicyclic) bond motifs is 2. The van der Waals surface area contributed by atoms with Gasteiger partial charge in [-0.2, -0.15) is 0 Å². The summed E-state index contributed by atoms with van der Waals surface area (Å²) in [5.74, 6) is -3.74. The lowest BCUT2D eigenvalue weighted by Gasteiger charge is -2.28. The number of nitrogens with zero attached hydrogens (tertiary/aromatic N) is 2. The van der Waals surface area contributed by atoms with Crippen molar-refractivity contribution < 1.29 is 29.4 Å². The standard InChI is InChI=1S/C14H18N2O6/c17-3-1-15-11(19)7-5-9-10(6-8(7)12(15)20)14(22)16(2-4-18)13(9)21/h7-10,17-18H,1-6H2. The van der Waals surface area contributed by atoms with Crippen LogP contribution in [0.3, 0.4) is 0 Å². The summed E-state index contributed by atoms with van der Waals surface area (Å²) in [5, 5.41) is 17.9. The first kappa shape index (κ1) is 15.1. The summed E-state index contributed by atoms with van der Waals surface area (Å²) < 4.78 is 0. The molecule has 2 aliphatic heterocycles. The summed E-state index contributed by atoms with van der Waals surface area (Å²) in [4.78, 5) is 51.1. The molecule has 0 aromatic rings. The lowest BCUT2D eigenvalue weighted by atomic mass is 9.70. The number of imide groups is 2. The maximum Gasteiger partial charge on any atom is 0.233 e. The molecular weight excluding hydrogens is 292 g/mol. The third-order valence-corrected chi connectivity index (χ3v) is 4.97. The first-order chi connectivity index (χ1) is 10.5. The molecule has 3 aliphatic rings. The second kappa shape index (κ2) is 5.44. The average Bonchev–Trinajstić information content (AvgIpc) is 2.88. The Labute approximate surface area is 126 Å². The van der Waals surface area contributed by atoms with Gasteiger partial charge in [0.1, 0.15) is 0 Å². The average molecular weight is 310 g/mol. The maximum absolute atomic E-state index is 12.3. The zero-order valence-corrected chi connectivity index (χ0v) is 12.0. The second-order valence-corrected chi connectivity index (χ2v) is 6.00. The molecule has 4 atom stereocenters. The van der Waals surface area contributed by atoms with Crippen LogP contribution in [0.1, 0.15) is 12.8 Å². The van der Waals surface area contributed by atoms with Crippen molar-refractivity contribution in [3.05, 3.63) is 0 Å². The third kappa shape index (κ3) is 1.98. The monoisotopic (exact) mass is 310 g/mol. The van der Waals surface area contributed by atoms with Gasteiger partial charge in [0.2, 0.25) is 23.6 Å². The Morgan fingerprint density at radius 1 is 0.682 bits per heavy atom. The van der Waals surface area contributed by atoms with E-state index in [0.717, 1.165) is 9.80 Å². The van der Waals surface area contributed by atoms with Gasteiger partial charge in [0.25, 0.3) is 0 Å². The zero-order valence-electron chi connectivity index (χ0n) is 12.0. The molecule has 2 heterocycles. The quantitative estimate of drug-likeness (QED) is 0.579. The van der Waals surface area contributed by atoms with Crippen molar-refractivity contribution in [2.75, 3.05) is 26.3 Å². The van der Waals surface area contributed by atoms with Gasteiger partial charge in [-0.3, -0.25) is 29.0 Å². The normalized spacial score (nSPS) is 34.5. The predicted octanol–water partition coefficient (Wildman–Crippen LogP) is -2.03. The number of aliphatic hydroxyl groups is 2. The molecule has 2 N–H and O–H groups in total. The Morgan fingerprint density at radius 3 is 1.18 bits per heavy atom. The van der Waals surface area contributed by atoms with E-state index >= 15 is 0 Å². The molecule has 3 fully saturated rings.